The van der Waals surface area contributed by atoms with Gasteiger partial charge in [0.1, 0.15) is 17.7 Å². The second-order valence-electron chi connectivity index (χ2n) is 6.97. The molecule has 140 valence electrons. The highest BCUT2D eigenvalue weighted by Gasteiger charge is 2.20. The monoisotopic (exact) mass is 367 g/mol. The number of nitrogens with one attached hydrogen (secondary N) is 1. The predicted molar refractivity (Wildman–Crippen MR) is 102 cm³/mol. The molecule has 5 nitrogen and oxygen atoms in total. The van der Waals surface area contributed by atoms with Crippen molar-refractivity contribution < 1.29 is 13.6 Å². The maximum Gasteiger partial charge on any atom is 0.255 e. The molecular formula is C21H22FN3O2. The summed E-state index contributed by atoms with van der Waals surface area (Å²) >= 11 is 0. The number of carbonyl (C=O) groups excluding carboxylic acids is 1. The van der Waals surface area contributed by atoms with Crippen LogP contribution in [0.25, 0.3) is 11.0 Å². The van der Waals surface area contributed by atoms with Crippen LogP contribution in [-0.2, 0) is 0 Å². The lowest BCUT2D eigenvalue weighted by molar-refractivity contribution is 0.0951. The molecule has 0 atom stereocenters. The van der Waals surface area contributed by atoms with Crippen molar-refractivity contribution in [2.45, 2.75) is 19.3 Å². The molecule has 1 fully saturated rings. The smallest absolute Gasteiger partial charge is 0.255 e. The number of nitrogens with zero attached hydrogens (tertiary/aromatic N) is 2. The molecule has 1 saturated heterocycles. The van der Waals surface area contributed by atoms with Crippen molar-refractivity contribution in [1.82, 2.24) is 10.3 Å². The number of furan rings is 1. The Balaban J connectivity index is 1.26. The number of amides is 1. The van der Waals surface area contributed by atoms with Gasteiger partial charge < -0.3 is 14.6 Å². The fourth-order valence-electron chi connectivity index (χ4n) is 3.70. The van der Waals surface area contributed by atoms with Crippen molar-refractivity contribution in [1.29, 1.82) is 0 Å². The maximum atomic E-state index is 13.2. The number of piperidine rings is 1. The summed E-state index contributed by atoms with van der Waals surface area (Å²) in [7, 11) is 0. The first-order valence-electron chi connectivity index (χ1n) is 9.30. The standard InChI is InChI=1S/C21H22FN3O2/c22-16-1-2-18-19(14-27-20(18)13-16)21(26)24-10-3-15-6-11-25(12-7-15)17-4-8-23-9-5-17/h1-2,4-5,8-9,13-15H,3,6-7,10-12H2,(H,24,26). The van der Waals surface area contributed by atoms with Gasteiger partial charge in [0.2, 0.25) is 0 Å². The van der Waals surface area contributed by atoms with E-state index in [4.69, 9.17) is 4.42 Å². The third-order valence-electron chi connectivity index (χ3n) is 5.26. The van der Waals surface area contributed by atoms with E-state index in [0.717, 1.165) is 32.4 Å². The Morgan fingerprint density at radius 1 is 1.22 bits per heavy atom. The Kier molecular flexibility index (Phi) is 5.05. The maximum absolute atomic E-state index is 13.2. The first-order chi connectivity index (χ1) is 13.2. The number of benzene rings is 1. The number of pyridine rings is 1. The molecule has 0 saturated carbocycles. The van der Waals surface area contributed by atoms with Gasteiger partial charge in [-0.3, -0.25) is 9.78 Å². The topological polar surface area (TPSA) is 58.4 Å². The van der Waals surface area contributed by atoms with Crippen molar-refractivity contribution in [3.05, 3.63) is 60.4 Å². The van der Waals surface area contributed by atoms with Crippen molar-refractivity contribution >= 4 is 22.6 Å². The minimum atomic E-state index is -0.373. The summed E-state index contributed by atoms with van der Waals surface area (Å²) in [4.78, 5) is 18.9. The van der Waals surface area contributed by atoms with Gasteiger partial charge in [-0.15, -0.1) is 0 Å². The summed E-state index contributed by atoms with van der Waals surface area (Å²) in [6, 6.07) is 8.30. The summed E-state index contributed by atoms with van der Waals surface area (Å²) in [6.45, 7) is 2.69. The molecule has 0 bridgehead atoms. The first-order valence-corrected chi connectivity index (χ1v) is 9.30. The van der Waals surface area contributed by atoms with E-state index in [1.54, 1.807) is 6.07 Å². The lowest BCUT2D eigenvalue weighted by Gasteiger charge is -2.33. The fourth-order valence-corrected chi connectivity index (χ4v) is 3.70. The number of anilines is 1. The molecule has 0 unspecified atom stereocenters. The van der Waals surface area contributed by atoms with E-state index in [9.17, 15) is 9.18 Å². The minimum absolute atomic E-state index is 0.172. The number of carbonyl (C=O) groups is 1. The highest BCUT2D eigenvalue weighted by Crippen LogP contribution is 2.25. The van der Waals surface area contributed by atoms with Gasteiger partial charge in [-0.25, -0.2) is 4.39 Å². The predicted octanol–water partition coefficient (Wildman–Crippen LogP) is 4.00. The summed E-state index contributed by atoms with van der Waals surface area (Å²) in [5.74, 6) is 0.0649. The quantitative estimate of drug-likeness (QED) is 0.740. The van der Waals surface area contributed by atoms with Crippen LogP contribution in [0.2, 0.25) is 0 Å². The molecule has 6 heteroatoms. The van der Waals surface area contributed by atoms with Crippen LogP contribution in [0.3, 0.4) is 0 Å². The van der Waals surface area contributed by atoms with Gasteiger partial charge in [-0.05, 0) is 49.4 Å². The van der Waals surface area contributed by atoms with E-state index in [1.165, 1.54) is 24.1 Å². The fraction of sp³-hybridized carbons (Fsp3) is 0.333. The lowest BCUT2D eigenvalue weighted by atomic mass is 9.93. The zero-order valence-corrected chi connectivity index (χ0v) is 15.0. The molecule has 0 spiro atoms. The third kappa shape index (κ3) is 3.94. The van der Waals surface area contributed by atoms with Crippen LogP contribution < -0.4 is 10.2 Å². The van der Waals surface area contributed by atoms with Crippen molar-refractivity contribution in [3.63, 3.8) is 0 Å². The molecule has 0 aliphatic carbocycles. The van der Waals surface area contributed by atoms with Gasteiger partial charge in [-0.1, -0.05) is 0 Å². The molecule has 1 N–H and O–H groups in total. The SMILES string of the molecule is O=C(NCCC1CCN(c2ccncc2)CC1)c1coc2cc(F)ccc12. The molecular weight excluding hydrogens is 345 g/mol. The Bertz CT molecular complexity index is 918. The highest BCUT2D eigenvalue weighted by atomic mass is 19.1. The molecule has 3 heterocycles. The largest absolute Gasteiger partial charge is 0.463 e. The number of hydrogen-bond acceptors (Lipinski definition) is 4. The Morgan fingerprint density at radius 2 is 2.00 bits per heavy atom. The third-order valence-corrected chi connectivity index (χ3v) is 5.26. The molecule has 1 amide bonds. The molecule has 4 rings (SSSR count). The molecule has 1 aromatic carbocycles. The molecule has 27 heavy (non-hydrogen) atoms. The van der Waals surface area contributed by atoms with Crippen molar-refractivity contribution in [2.75, 3.05) is 24.5 Å². The Labute approximate surface area is 157 Å². The van der Waals surface area contributed by atoms with E-state index in [0.29, 0.717) is 29.0 Å². The van der Waals surface area contributed by atoms with E-state index in [1.807, 2.05) is 24.5 Å². The van der Waals surface area contributed by atoms with E-state index in [-0.39, 0.29) is 11.7 Å². The molecule has 0 radical (unpaired) electrons. The summed E-state index contributed by atoms with van der Waals surface area (Å²) in [6.07, 6.45) is 8.24. The summed E-state index contributed by atoms with van der Waals surface area (Å²) in [5.41, 5.74) is 2.07. The van der Waals surface area contributed by atoms with Gasteiger partial charge in [0.05, 0.1) is 5.56 Å². The normalized spacial score (nSPS) is 15.2. The number of hydrogen-bond donors (Lipinski definition) is 1. The van der Waals surface area contributed by atoms with E-state index in [2.05, 4.69) is 15.2 Å². The Morgan fingerprint density at radius 3 is 2.78 bits per heavy atom. The summed E-state index contributed by atoms with van der Waals surface area (Å²) in [5, 5.41) is 3.61. The number of fused-ring (bicyclic) bond motifs is 1. The van der Waals surface area contributed by atoms with E-state index >= 15 is 0 Å². The Hall–Kier alpha value is -2.89. The van der Waals surface area contributed by atoms with Crippen LogP contribution in [0.5, 0.6) is 0 Å². The zero-order valence-electron chi connectivity index (χ0n) is 15.0. The van der Waals surface area contributed by atoms with Crippen LogP contribution in [0.15, 0.2) is 53.4 Å². The lowest BCUT2D eigenvalue weighted by Crippen LogP contribution is -2.35. The highest BCUT2D eigenvalue weighted by molar-refractivity contribution is 6.05. The van der Waals surface area contributed by atoms with Crippen LogP contribution in [-0.4, -0.2) is 30.5 Å². The van der Waals surface area contributed by atoms with Gasteiger partial charge in [0.25, 0.3) is 5.91 Å². The second-order valence-corrected chi connectivity index (χ2v) is 6.97. The molecule has 1 aliphatic heterocycles. The van der Waals surface area contributed by atoms with Crippen LogP contribution in [0, 0.1) is 11.7 Å². The average Bonchev–Trinajstić information content (AvgIpc) is 3.12. The van der Waals surface area contributed by atoms with E-state index < -0.39 is 0 Å². The van der Waals surface area contributed by atoms with Crippen LogP contribution in [0.1, 0.15) is 29.6 Å². The van der Waals surface area contributed by atoms with Crippen molar-refractivity contribution in [2.24, 2.45) is 5.92 Å². The first kappa shape index (κ1) is 17.5. The second kappa shape index (κ2) is 7.78. The number of halogens is 1. The molecule has 3 aromatic rings. The zero-order chi connectivity index (χ0) is 18.6. The van der Waals surface area contributed by atoms with Crippen LogP contribution in [0.4, 0.5) is 10.1 Å². The minimum Gasteiger partial charge on any atom is -0.463 e. The average molecular weight is 367 g/mol. The van der Waals surface area contributed by atoms with Gasteiger partial charge in [-0.2, -0.15) is 0 Å². The number of rotatable bonds is 5. The van der Waals surface area contributed by atoms with Crippen molar-refractivity contribution in [3.8, 4) is 0 Å². The molecule has 2 aromatic heterocycles. The van der Waals surface area contributed by atoms with Gasteiger partial charge in [0, 0.05) is 49.2 Å². The summed E-state index contributed by atoms with van der Waals surface area (Å²) < 4.78 is 18.5. The number of aromatic nitrogens is 1. The van der Waals surface area contributed by atoms with Crippen LogP contribution >= 0.6 is 0 Å². The van der Waals surface area contributed by atoms with Gasteiger partial charge >= 0.3 is 0 Å². The van der Waals surface area contributed by atoms with Gasteiger partial charge in [0.15, 0.2) is 0 Å². The molecule has 1 aliphatic rings.